The van der Waals surface area contributed by atoms with Gasteiger partial charge in [-0.05, 0) is 47.1 Å². The lowest BCUT2D eigenvalue weighted by Gasteiger charge is -2.10. The van der Waals surface area contributed by atoms with Crippen LogP contribution >= 0.6 is 23.6 Å². The predicted octanol–water partition coefficient (Wildman–Crippen LogP) is 4.91. The SMILES string of the molecule is [N-]=[N+]=Nc1nc2c(sc(=S)n2-c2ccccc2)c(=O)n1-c1ccccc1. The standard InChI is InChI=1S/C17H10N6OS2/c18-21-20-16-19-14-13(15(24)23(16)12-9-5-2-6-10-12)26-17(25)22(14)11-7-3-1-4-8-11/h1-10H. The first-order chi connectivity index (χ1) is 12.7. The molecule has 7 nitrogen and oxygen atoms in total. The zero-order valence-electron chi connectivity index (χ0n) is 13.2. The number of thiazole rings is 1. The highest BCUT2D eigenvalue weighted by atomic mass is 32.1. The van der Waals surface area contributed by atoms with E-state index >= 15 is 0 Å². The van der Waals surface area contributed by atoms with Crippen LogP contribution in [0.25, 0.3) is 32.2 Å². The lowest BCUT2D eigenvalue weighted by atomic mass is 10.3. The average Bonchev–Trinajstić information content (AvgIpc) is 3.00. The summed E-state index contributed by atoms with van der Waals surface area (Å²) in [6.45, 7) is 0. The van der Waals surface area contributed by atoms with Crippen LogP contribution in [0.15, 0.2) is 70.6 Å². The molecule has 0 aliphatic heterocycles. The van der Waals surface area contributed by atoms with E-state index in [1.807, 2.05) is 36.4 Å². The van der Waals surface area contributed by atoms with Gasteiger partial charge in [0.1, 0.15) is 4.70 Å². The van der Waals surface area contributed by atoms with E-state index in [1.165, 1.54) is 15.9 Å². The Labute approximate surface area is 156 Å². The highest BCUT2D eigenvalue weighted by Crippen LogP contribution is 2.26. The van der Waals surface area contributed by atoms with Gasteiger partial charge in [-0.2, -0.15) is 0 Å². The van der Waals surface area contributed by atoms with Gasteiger partial charge < -0.3 is 0 Å². The van der Waals surface area contributed by atoms with E-state index in [1.54, 1.807) is 28.8 Å². The summed E-state index contributed by atoms with van der Waals surface area (Å²) in [5, 5.41) is 3.63. The van der Waals surface area contributed by atoms with Gasteiger partial charge in [0, 0.05) is 10.6 Å². The van der Waals surface area contributed by atoms with E-state index in [0.29, 0.717) is 20.0 Å². The molecule has 0 fully saturated rings. The van der Waals surface area contributed by atoms with Gasteiger partial charge in [-0.15, -0.1) is 0 Å². The molecule has 2 aromatic carbocycles. The quantitative estimate of drug-likeness (QED) is 0.220. The van der Waals surface area contributed by atoms with Crippen molar-refractivity contribution in [1.82, 2.24) is 14.1 Å². The van der Waals surface area contributed by atoms with Crippen LogP contribution in [-0.2, 0) is 0 Å². The van der Waals surface area contributed by atoms with Crippen LogP contribution in [0.2, 0.25) is 0 Å². The van der Waals surface area contributed by atoms with Crippen molar-refractivity contribution in [2.75, 3.05) is 0 Å². The zero-order chi connectivity index (χ0) is 18.1. The van der Waals surface area contributed by atoms with E-state index in [9.17, 15) is 4.79 Å². The minimum atomic E-state index is -0.325. The van der Waals surface area contributed by atoms with Gasteiger partial charge in [-0.3, -0.25) is 13.9 Å². The molecule has 0 spiro atoms. The molecule has 0 atom stereocenters. The molecule has 4 rings (SSSR count). The first-order valence-corrected chi connectivity index (χ1v) is 8.78. The molecule has 0 saturated heterocycles. The predicted molar refractivity (Wildman–Crippen MR) is 104 cm³/mol. The molecule has 0 aliphatic carbocycles. The van der Waals surface area contributed by atoms with Crippen LogP contribution in [0.3, 0.4) is 0 Å². The van der Waals surface area contributed by atoms with Crippen molar-refractivity contribution in [2.45, 2.75) is 0 Å². The normalized spacial score (nSPS) is 10.6. The van der Waals surface area contributed by atoms with E-state index in [2.05, 4.69) is 15.0 Å². The zero-order valence-corrected chi connectivity index (χ0v) is 14.8. The lowest BCUT2D eigenvalue weighted by Crippen LogP contribution is -2.19. The molecule has 9 heteroatoms. The summed E-state index contributed by atoms with van der Waals surface area (Å²) in [5.74, 6) is -0.0336. The highest BCUT2D eigenvalue weighted by Gasteiger charge is 2.17. The van der Waals surface area contributed by atoms with Gasteiger partial charge >= 0.3 is 0 Å². The lowest BCUT2D eigenvalue weighted by molar-refractivity contribution is 0.941. The first kappa shape index (κ1) is 16.2. The van der Waals surface area contributed by atoms with Crippen LogP contribution in [0, 0.1) is 3.95 Å². The van der Waals surface area contributed by atoms with Crippen LogP contribution in [0.4, 0.5) is 5.95 Å². The fourth-order valence-electron chi connectivity index (χ4n) is 2.67. The number of aromatic nitrogens is 3. The van der Waals surface area contributed by atoms with Crippen LogP contribution in [0.5, 0.6) is 0 Å². The molecule has 126 valence electrons. The summed E-state index contributed by atoms with van der Waals surface area (Å²) in [6, 6.07) is 18.3. The Hall–Kier alpha value is -3.26. The minimum Gasteiger partial charge on any atom is -0.275 e. The molecule has 0 amide bonds. The second-order valence-corrected chi connectivity index (χ2v) is 6.91. The third-order valence-electron chi connectivity index (χ3n) is 3.75. The van der Waals surface area contributed by atoms with Gasteiger partial charge in [0.15, 0.2) is 9.60 Å². The first-order valence-electron chi connectivity index (χ1n) is 7.55. The average molecular weight is 378 g/mol. The molecule has 2 heterocycles. The van der Waals surface area contributed by atoms with E-state index in [0.717, 1.165) is 5.69 Å². The summed E-state index contributed by atoms with van der Waals surface area (Å²) in [6.07, 6.45) is 0. The second-order valence-electron chi connectivity index (χ2n) is 5.27. The fourth-order valence-corrected chi connectivity index (χ4v) is 3.97. The van der Waals surface area contributed by atoms with E-state index in [4.69, 9.17) is 17.7 Å². The summed E-state index contributed by atoms with van der Waals surface area (Å²) in [5.41, 5.74) is 10.3. The van der Waals surface area contributed by atoms with Crippen molar-refractivity contribution < 1.29 is 0 Å². The number of rotatable bonds is 3. The van der Waals surface area contributed by atoms with Crippen molar-refractivity contribution >= 4 is 39.9 Å². The number of azide groups is 1. The molecule has 4 aromatic rings. The maximum Gasteiger partial charge on any atom is 0.277 e. The topological polar surface area (TPSA) is 88.6 Å². The summed E-state index contributed by atoms with van der Waals surface area (Å²) >= 11 is 6.64. The summed E-state index contributed by atoms with van der Waals surface area (Å²) in [7, 11) is 0. The van der Waals surface area contributed by atoms with Gasteiger partial charge in [0.25, 0.3) is 5.56 Å². The number of hydrogen-bond donors (Lipinski definition) is 0. The van der Waals surface area contributed by atoms with Gasteiger partial charge in [-0.1, -0.05) is 47.7 Å². The maximum absolute atomic E-state index is 13.1. The Morgan fingerprint density at radius 2 is 1.58 bits per heavy atom. The Bertz CT molecular complexity index is 1270. The third-order valence-corrected chi connectivity index (χ3v) is 5.10. The maximum atomic E-state index is 13.1. The number of nitrogens with zero attached hydrogens (tertiary/aromatic N) is 6. The van der Waals surface area contributed by atoms with Gasteiger partial charge in [0.05, 0.1) is 5.69 Å². The monoisotopic (exact) mass is 378 g/mol. The van der Waals surface area contributed by atoms with Gasteiger partial charge in [0.2, 0.25) is 5.95 Å². The largest absolute Gasteiger partial charge is 0.277 e. The second kappa shape index (κ2) is 6.57. The molecule has 0 aliphatic rings. The summed E-state index contributed by atoms with van der Waals surface area (Å²) < 4.78 is 3.90. The van der Waals surface area contributed by atoms with Crippen molar-refractivity contribution in [3.05, 3.63) is 85.4 Å². The van der Waals surface area contributed by atoms with Crippen molar-refractivity contribution in [2.24, 2.45) is 5.11 Å². The van der Waals surface area contributed by atoms with Crippen molar-refractivity contribution in [1.29, 1.82) is 0 Å². The molecule has 0 radical (unpaired) electrons. The Balaban J connectivity index is 2.13. The van der Waals surface area contributed by atoms with Crippen LogP contribution < -0.4 is 5.56 Å². The van der Waals surface area contributed by atoms with E-state index < -0.39 is 0 Å². The van der Waals surface area contributed by atoms with Gasteiger partial charge in [-0.25, -0.2) is 4.98 Å². The number of benzene rings is 2. The fraction of sp³-hybridized carbons (Fsp3) is 0. The Morgan fingerprint density at radius 3 is 2.15 bits per heavy atom. The molecule has 0 unspecified atom stereocenters. The number of fused-ring (bicyclic) bond motifs is 1. The van der Waals surface area contributed by atoms with Crippen LogP contribution in [-0.4, -0.2) is 14.1 Å². The summed E-state index contributed by atoms with van der Waals surface area (Å²) in [4.78, 5) is 20.4. The Morgan fingerprint density at radius 1 is 1.00 bits per heavy atom. The molecule has 0 bridgehead atoms. The Kier molecular flexibility index (Phi) is 4.10. The number of hydrogen-bond acceptors (Lipinski definition) is 5. The van der Waals surface area contributed by atoms with Crippen LogP contribution in [0.1, 0.15) is 0 Å². The molecule has 0 N–H and O–H groups in total. The van der Waals surface area contributed by atoms with Crippen molar-refractivity contribution in [3.63, 3.8) is 0 Å². The molecule has 2 aromatic heterocycles. The molecule has 0 saturated carbocycles. The third kappa shape index (κ3) is 2.60. The highest BCUT2D eigenvalue weighted by molar-refractivity contribution is 7.73. The minimum absolute atomic E-state index is 0.0336. The smallest absolute Gasteiger partial charge is 0.275 e. The van der Waals surface area contributed by atoms with Crippen molar-refractivity contribution in [3.8, 4) is 11.4 Å². The molecular formula is C17H10N6OS2. The molecule has 26 heavy (non-hydrogen) atoms. The van der Waals surface area contributed by atoms with E-state index in [-0.39, 0.29) is 11.5 Å². The number of para-hydroxylation sites is 2. The molecular weight excluding hydrogens is 368 g/mol.